The van der Waals surface area contributed by atoms with Crippen LogP contribution in [-0.4, -0.2) is 37.9 Å². The van der Waals surface area contributed by atoms with Gasteiger partial charge in [0.15, 0.2) is 5.75 Å². The molecule has 20 heavy (non-hydrogen) atoms. The lowest BCUT2D eigenvalue weighted by Gasteiger charge is -2.31. The van der Waals surface area contributed by atoms with Crippen LogP contribution in [0.1, 0.15) is 18.0 Å². The molecule has 2 aliphatic rings. The molecule has 0 bridgehead atoms. The maximum Gasteiger partial charge on any atom is 0.156 e. The quantitative estimate of drug-likeness (QED) is 0.912. The van der Waals surface area contributed by atoms with Gasteiger partial charge < -0.3 is 15.1 Å². The van der Waals surface area contributed by atoms with Crippen LogP contribution in [-0.2, 0) is 0 Å². The minimum atomic E-state index is 0.133. The Balaban J connectivity index is 1.91. The zero-order valence-corrected chi connectivity index (χ0v) is 13.0. The molecule has 1 saturated heterocycles. The van der Waals surface area contributed by atoms with Crippen LogP contribution < -0.4 is 10.2 Å². The van der Waals surface area contributed by atoms with Crippen molar-refractivity contribution in [2.45, 2.75) is 12.5 Å². The Hall–Kier alpha value is -0.970. The number of piperidine rings is 1. The number of benzene rings is 1. The van der Waals surface area contributed by atoms with Crippen LogP contribution in [0.2, 0.25) is 10.0 Å². The van der Waals surface area contributed by atoms with Crippen LogP contribution in [0.25, 0.3) is 0 Å². The van der Waals surface area contributed by atoms with E-state index in [4.69, 9.17) is 27.9 Å². The zero-order valence-electron chi connectivity index (χ0n) is 11.5. The third-order valence-electron chi connectivity index (χ3n) is 4.02. The molecule has 2 atom stereocenters. The van der Waals surface area contributed by atoms with Crippen molar-refractivity contribution in [2.75, 3.05) is 27.2 Å². The Morgan fingerprint density at radius 2 is 2.05 bits per heavy atom. The number of likely N-dealkylation sites (tertiary alicyclic amines) is 1. The summed E-state index contributed by atoms with van der Waals surface area (Å²) < 4.78 is 5.20. The lowest BCUT2D eigenvalue weighted by molar-refractivity contribution is 0.272. The minimum Gasteiger partial charge on any atom is -0.494 e. The molecule has 0 aromatic heterocycles. The Labute approximate surface area is 128 Å². The molecule has 2 heterocycles. The van der Waals surface area contributed by atoms with E-state index in [0.717, 1.165) is 25.1 Å². The topological polar surface area (TPSA) is 36.9 Å². The number of hydrazone groups is 1. The van der Waals surface area contributed by atoms with Crippen LogP contribution in [0.3, 0.4) is 0 Å². The van der Waals surface area contributed by atoms with Gasteiger partial charge in [-0.1, -0.05) is 23.2 Å². The second kappa shape index (κ2) is 5.43. The summed E-state index contributed by atoms with van der Waals surface area (Å²) in [7, 11) is 3.71. The normalized spacial score (nSPS) is 25.9. The monoisotopic (exact) mass is 313 g/mol. The van der Waals surface area contributed by atoms with Crippen molar-refractivity contribution in [2.24, 2.45) is 11.0 Å². The summed E-state index contributed by atoms with van der Waals surface area (Å²) in [5, 5.41) is 5.55. The van der Waals surface area contributed by atoms with E-state index in [-0.39, 0.29) is 6.04 Å². The maximum absolute atomic E-state index is 6.23. The van der Waals surface area contributed by atoms with Crippen LogP contribution in [0.5, 0.6) is 5.75 Å². The second-order valence-corrected chi connectivity index (χ2v) is 6.16. The van der Waals surface area contributed by atoms with Gasteiger partial charge in [-0.25, -0.2) is 0 Å². The predicted octanol–water partition coefficient (Wildman–Crippen LogP) is 2.95. The van der Waals surface area contributed by atoms with E-state index < -0.39 is 0 Å². The largest absolute Gasteiger partial charge is 0.494 e. The van der Waals surface area contributed by atoms with E-state index in [2.05, 4.69) is 22.5 Å². The number of hydrogen-bond donors (Lipinski definition) is 1. The molecular weight excluding hydrogens is 297 g/mol. The molecule has 3 rings (SSSR count). The average Bonchev–Trinajstić information content (AvgIpc) is 2.81. The van der Waals surface area contributed by atoms with Gasteiger partial charge in [0.2, 0.25) is 0 Å². The Bertz CT molecular complexity index is 538. The van der Waals surface area contributed by atoms with Crippen molar-refractivity contribution >= 4 is 28.9 Å². The molecule has 1 fully saturated rings. The van der Waals surface area contributed by atoms with E-state index in [9.17, 15) is 0 Å². The van der Waals surface area contributed by atoms with Gasteiger partial charge in [0, 0.05) is 31.1 Å². The Kier molecular flexibility index (Phi) is 3.80. The molecule has 108 valence electrons. The lowest BCUT2D eigenvalue weighted by atomic mass is 9.86. The zero-order chi connectivity index (χ0) is 14.3. The minimum absolute atomic E-state index is 0.133. The highest BCUT2D eigenvalue weighted by Gasteiger charge is 2.36. The van der Waals surface area contributed by atoms with Crippen LogP contribution >= 0.6 is 23.2 Å². The molecule has 0 radical (unpaired) electrons. The Morgan fingerprint density at radius 1 is 1.35 bits per heavy atom. The molecule has 0 spiro atoms. The predicted molar refractivity (Wildman–Crippen MR) is 81.9 cm³/mol. The summed E-state index contributed by atoms with van der Waals surface area (Å²) in [6, 6.07) is 3.96. The average molecular weight is 314 g/mol. The third kappa shape index (κ3) is 2.36. The molecule has 0 amide bonds. The second-order valence-electron chi connectivity index (χ2n) is 5.35. The van der Waals surface area contributed by atoms with Gasteiger partial charge in [0.25, 0.3) is 0 Å². The number of rotatable bonds is 2. The Morgan fingerprint density at radius 3 is 2.70 bits per heavy atom. The highest BCUT2D eigenvalue weighted by atomic mass is 35.5. The smallest absolute Gasteiger partial charge is 0.156 e. The van der Waals surface area contributed by atoms with Crippen LogP contribution in [0.15, 0.2) is 17.2 Å². The molecule has 0 aliphatic carbocycles. The van der Waals surface area contributed by atoms with Crippen molar-refractivity contribution in [3.63, 3.8) is 0 Å². The molecule has 1 aromatic rings. The van der Waals surface area contributed by atoms with Crippen LogP contribution in [0, 0.1) is 5.92 Å². The summed E-state index contributed by atoms with van der Waals surface area (Å²) in [6.07, 6.45) is 1.02. The molecule has 1 aromatic carbocycles. The molecule has 1 N–H and O–H groups in total. The maximum atomic E-state index is 6.23. The van der Waals surface area contributed by atoms with Crippen molar-refractivity contribution in [3.8, 4) is 5.75 Å². The summed E-state index contributed by atoms with van der Waals surface area (Å²) in [5.74, 6) is 0.909. The van der Waals surface area contributed by atoms with Gasteiger partial charge in [-0.05, 0) is 24.7 Å². The molecule has 4 nitrogen and oxygen atoms in total. The van der Waals surface area contributed by atoms with E-state index in [1.165, 1.54) is 5.71 Å². The van der Waals surface area contributed by atoms with E-state index in [1.807, 2.05) is 12.1 Å². The highest BCUT2D eigenvalue weighted by molar-refractivity contribution is 6.37. The van der Waals surface area contributed by atoms with E-state index in [1.54, 1.807) is 7.11 Å². The molecule has 2 unspecified atom stereocenters. The molecule has 0 saturated carbocycles. The van der Waals surface area contributed by atoms with Crippen LogP contribution in [0.4, 0.5) is 0 Å². The fourth-order valence-electron chi connectivity index (χ4n) is 2.96. The van der Waals surface area contributed by atoms with Gasteiger partial charge in [0.1, 0.15) is 0 Å². The van der Waals surface area contributed by atoms with Crippen molar-refractivity contribution in [3.05, 3.63) is 27.7 Å². The number of nitrogens with one attached hydrogen (secondary N) is 1. The standard InChI is InChI=1S/C14H17Cl2N3O/c1-19-4-3-12-9(7-19)13(18-17-12)8-5-10(15)14(20-2)11(16)6-8/h5-6,9,13,18H,3-4,7H2,1-2H3. The van der Waals surface area contributed by atoms with E-state index >= 15 is 0 Å². The summed E-state index contributed by atoms with van der Waals surface area (Å²) in [4.78, 5) is 2.33. The first kappa shape index (κ1) is 14.0. The fourth-order valence-corrected chi connectivity index (χ4v) is 3.62. The van der Waals surface area contributed by atoms with Gasteiger partial charge in [-0.2, -0.15) is 5.10 Å². The third-order valence-corrected chi connectivity index (χ3v) is 4.58. The van der Waals surface area contributed by atoms with E-state index in [0.29, 0.717) is 21.7 Å². The molecule has 2 aliphatic heterocycles. The lowest BCUT2D eigenvalue weighted by Crippen LogP contribution is -2.39. The van der Waals surface area contributed by atoms with Crippen molar-refractivity contribution in [1.29, 1.82) is 0 Å². The van der Waals surface area contributed by atoms with Crippen molar-refractivity contribution in [1.82, 2.24) is 10.3 Å². The molecular formula is C14H17Cl2N3O. The van der Waals surface area contributed by atoms with Crippen molar-refractivity contribution < 1.29 is 4.74 Å². The van der Waals surface area contributed by atoms with Gasteiger partial charge in [-0.3, -0.25) is 0 Å². The van der Waals surface area contributed by atoms with Gasteiger partial charge >= 0.3 is 0 Å². The number of methoxy groups -OCH3 is 1. The van der Waals surface area contributed by atoms with Gasteiger partial charge in [-0.15, -0.1) is 0 Å². The van der Waals surface area contributed by atoms with Gasteiger partial charge in [0.05, 0.1) is 23.2 Å². The summed E-state index contributed by atoms with van der Waals surface area (Å²) in [5.41, 5.74) is 5.53. The molecule has 6 heteroatoms. The number of halogens is 2. The first-order valence-corrected chi connectivity index (χ1v) is 7.39. The number of nitrogens with zero attached hydrogens (tertiary/aromatic N) is 2. The first-order chi connectivity index (χ1) is 9.60. The number of ether oxygens (including phenoxy) is 1. The summed E-state index contributed by atoms with van der Waals surface area (Å²) in [6.45, 7) is 2.06. The fraction of sp³-hybridized carbons (Fsp3) is 0.500. The summed E-state index contributed by atoms with van der Waals surface area (Å²) >= 11 is 12.5. The number of hydrogen-bond acceptors (Lipinski definition) is 4. The first-order valence-electron chi connectivity index (χ1n) is 6.63. The number of fused-ring (bicyclic) bond motifs is 1. The SMILES string of the molecule is COc1c(Cl)cc(C2NN=C3CCN(C)CC32)cc1Cl. The highest BCUT2D eigenvalue weighted by Crippen LogP contribution is 2.39.